The monoisotopic (exact) mass is 254 g/mol. The Balaban J connectivity index is 1.74. The summed E-state index contributed by atoms with van der Waals surface area (Å²) < 4.78 is 0. The smallest absolute Gasteiger partial charge is 0.251 e. The lowest BCUT2D eigenvalue weighted by atomic mass is 10.1. The van der Waals surface area contributed by atoms with Crippen molar-refractivity contribution >= 4 is 5.91 Å². The Morgan fingerprint density at radius 1 is 1.21 bits per heavy atom. The topological polar surface area (TPSA) is 42.0 Å². The van der Waals surface area contributed by atoms with Crippen molar-refractivity contribution in [2.75, 3.05) is 6.54 Å². The summed E-state index contributed by atoms with van der Waals surface area (Å²) in [5.74, 6) is -0.0355. The van der Waals surface area contributed by atoms with E-state index in [0.29, 0.717) is 12.1 Å². The number of pyridine rings is 1. The van der Waals surface area contributed by atoms with Crippen LogP contribution in [0.15, 0.2) is 48.8 Å². The Labute approximate surface area is 113 Å². The molecule has 1 aromatic heterocycles. The molecule has 0 bridgehead atoms. The molecule has 0 aliphatic carbocycles. The molecule has 0 spiro atoms. The van der Waals surface area contributed by atoms with Crippen molar-refractivity contribution in [2.24, 2.45) is 0 Å². The molecule has 2 rings (SSSR count). The quantitative estimate of drug-likeness (QED) is 0.834. The number of nitrogens with zero attached hydrogens (tertiary/aromatic N) is 1. The molecule has 0 atom stereocenters. The molecule has 1 aromatic carbocycles. The van der Waals surface area contributed by atoms with Gasteiger partial charge in [0.1, 0.15) is 0 Å². The Morgan fingerprint density at radius 3 is 2.74 bits per heavy atom. The van der Waals surface area contributed by atoms with Crippen molar-refractivity contribution in [1.82, 2.24) is 10.3 Å². The zero-order chi connectivity index (χ0) is 13.5. The molecule has 3 nitrogen and oxygen atoms in total. The van der Waals surface area contributed by atoms with E-state index in [9.17, 15) is 4.79 Å². The molecule has 1 heterocycles. The Kier molecular flexibility index (Phi) is 4.67. The minimum absolute atomic E-state index is 0.0355. The van der Waals surface area contributed by atoms with Gasteiger partial charge in [-0.3, -0.25) is 9.78 Å². The molecule has 0 saturated heterocycles. The maximum atomic E-state index is 11.8. The lowest BCUT2D eigenvalue weighted by Crippen LogP contribution is -2.24. The number of aromatic nitrogens is 1. The van der Waals surface area contributed by atoms with Crippen molar-refractivity contribution < 1.29 is 4.79 Å². The molecular weight excluding hydrogens is 236 g/mol. The highest BCUT2D eigenvalue weighted by atomic mass is 16.1. The maximum Gasteiger partial charge on any atom is 0.251 e. The molecule has 0 radical (unpaired) electrons. The molecule has 0 fully saturated rings. The summed E-state index contributed by atoms with van der Waals surface area (Å²) in [5.41, 5.74) is 3.25. The Hall–Kier alpha value is -2.16. The zero-order valence-corrected chi connectivity index (χ0v) is 11.1. The molecule has 0 unspecified atom stereocenters. The largest absolute Gasteiger partial charge is 0.352 e. The predicted molar refractivity (Wildman–Crippen MR) is 76.1 cm³/mol. The van der Waals surface area contributed by atoms with Crippen molar-refractivity contribution in [1.29, 1.82) is 0 Å². The molecule has 2 aromatic rings. The second-order valence-electron chi connectivity index (χ2n) is 4.58. The van der Waals surface area contributed by atoms with Gasteiger partial charge in [-0.2, -0.15) is 0 Å². The average Bonchev–Trinajstić information content (AvgIpc) is 2.44. The first-order valence-corrected chi connectivity index (χ1v) is 6.49. The van der Waals surface area contributed by atoms with Crippen LogP contribution >= 0.6 is 0 Å². The van der Waals surface area contributed by atoms with Crippen LogP contribution in [0.3, 0.4) is 0 Å². The van der Waals surface area contributed by atoms with Crippen LogP contribution in [0.2, 0.25) is 0 Å². The predicted octanol–water partition coefficient (Wildman–Crippen LogP) is 2.75. The molecule has 0 saturated carbocycles. The fraction of sp³-hybridized carbons (Fsp3) is 0.250. The summed E-state index contributed by atoms with van der Waals surface area (Å²) in [7, 11) is 0. The van der Waals surface area contributed by atoms with E-state index < -0.39 is 0 Å². The molecule has 1 amide bonds. The summed E-state index contributed by atoms with van der Waals surface area (Å²) in [4.78, 5) is 15.7. The van der Waals surface area contributed by atoms with E-state index in [0.717, 1.165) is 12.8 Å². The van der Waals surface area contributed by atoms with Gasteiger partial charge in [0.2, 0.25) is 0 Å². The summed E-state index contributed by atoms with van der Waals surface area (Å²) >= 11 is 0. The molecule has 98 valence electrons. The number of hydrogen-bond acceptors (Lipinski definition) is 2. The Morgan fingerprint density at radius 2 is 2.00 bits per heavy atom. The molecule has 0 aliphatic rings. The number of carbonyl (C=O) groups excluding carboxylic acids is 1. The zero-order valence-electron chi connectivity index (χ0n) is 11.1. The third kappa shape index (κ3) is 4.21. The highest BCUT2D eigenvalue weighted by Crippen LogP contribution is 2.06. The third-order valence-corrected chi connectivity index (χ3v) is 2.95. The van der Waals surface area contributed by atoms with Crippen LogP contribution in [-0.4, -0.2) is 17.4 Å². The fourth-order valence-corrected chi connectivity index (χ4v) is 1.97. The van der Waals surface area contributed by atoms with E-state index in [2.05, 4.69) is 41.5 Å². The van der Waals surface area contributed by atoms with Gasteiger partial charge < -0.3 is 5.32 Å². The van der Waals surface area contributed by atoms with Crippen LogP contribution in [0.25, 0.3) is 0 Å². The van der Waals surface area contributed by atoms with Crippen molar-refractivity contribution in [3.05, 3.63) is 65.5 Å². The van der Waals surface area contributed by atoms with E-state index in [-0.39, 0.29) is 5.91 Å². The van der Waals surface area contributed by atoms with E-state index in [1.807, 2.05) is 0 Å². The second-order valence-corrected chi connectivity index (χ2v) is 4.58. The number of benzene rings is 1. The fourth-order valence-electron chi connectivity index (χ4n) is 1.97. The number of hydrogen-bond donors (Lipinski definition) is 1. The highest BCUT2D eigenvalue weighted by molar-refractivity contribution is 5.93. The first-order valence-electron chi connectivity index (χ1n) is 6.49. The van der Waals surface area contributed by atoms with Crippen molar-refractivity contribution in [2.45, 2.75) is 19.8 Å². The number of rotatable bonds is 5. The van der Waals surface area contributed by atoms with Crippen LogP contribution in [-0.2, 0) is 6.42 Å². The van der Waals surface area contributed by atoms with Gasteiger partial charge in [0.15, 0.2) is 0 Å². The molecule has 0 aliphatic heterocycles. The third-order valence-electron chi connectivity index (χ3n) is 2.95. The summed E-state index contributed by atoms with van der Waals surface area (Å²) in [6.45, 7) is 2.78. The standard InChI is InChI=1S/C16H18N2O/c1-13-4-2-5-14(12-13)6-3-9-18-16(19)15-7-10-17-11-8-15/h2,4-5,7-8,10-12H,3,6,9H2,1H3,(H,18,19). The number of aryl methyl sites for hydroxylation is 2. The maximum absolute atomic E-state index is 11.8. The van der Waals surface area contributed by atoms with E-state index in [1.165, 1.54) is 11.1 Å². The van der Waals surface area contributed by atoms with Crippen LogP contribution in [0.1, 0.15) is 27.9 Å². The first kappa shape index (κ1) is 13.3. The van der Waals surface area contributed by atoms with Gasteiger partial charge >= 0.3 is 0 Å². The highest BCUT2D eigenvalue weighted by Gasteiger charge is 2.03. The summed E-state index contributed by atoms with van der Waals surface area (Å²) in [6.07, 6.45) is 5.18. The first-order chi connectivity index (χ1) is 9.25. The van der Waals surface area contributed by atoms with Gasteiger partial charge in [-0.25, -0.2) is 0 Å². The van der Waals surface area contributed by atoms with Crippen LogP contribution in [0.4, 0.5) is 0 Å². The lowest BCUT2D eigenvalue weighted by molar-refractivity contribution is 0.0953. The van der Waals surface area contributed by atoms with Gasteiger partial charge in [0.05, 0.1) is 0 Å². The van der Waals surface area contributed by atoms with Crippen LogP contribution in [0, 0.1) is 6.92 Å². The van der Waals surface area contributed by atoms with Gasteiger partial charge in [-0.05, 0) is 37.5 Å². The minimum Gasteiger partial charge on any atom is -0.352 e. The second kappa shape index (κ2) is 6.69. The molecule has 1 N–H and O–H groups in total. The summed E-state index contributed by atoms with van der Waals surface area (Å²) in [6, 6.07) is 11.9. The number of nitrogens with one attached hydrogen (secondary N) is 1. The lowest BCUT2D eigenvalue weighted by Gasteiger charge is -2.05. The molecule has 3 heteroatoms. The van der Waals surface area contributed by atoms with Crippen molar-refractivity contribution in [3.8, 4) is 0 Å². The number of amides is 1. The van der Waals surface area contributed by atoms with Crippen LogP contribution < -0.4 is 5.32 Å². The van der Waals surface area contributed by atoms with Gasteiger partial charge in [0.25, 0.3) is 5.91 Å². The van der Waals surface area contributed by atoms with E-state index >= 15 is 0 Å². The molecule has 19 heavy (non-hydrogen) atoms. The van der Waals surface area contributed by atoms with E-state index in [4.69, 9.17) is 0 Å². The number of carbonyl (C=O) groups is 1. The van der Waals surface area contributed by atoms with Gasteiger partial charge in [-0.1, -0.05) is 29.8 Å². The SMILES string of the molecule is Cc1cccc(CCCNC(=O)c2ccncc2)c1. The van der Waals surface area contributed by atoms with Gasteiger partial charge in [-0.15, -0.1) is 0 Å². The summed E-state index contributed by atoms with van der Waals surface area (Å²) in [5, 5.41) is 2.92. The molecular formula is C16H18N2O. The average molecular weight is 254 g/mol. The normalized spacial score (nSPS) is 10.2. The van der Waals surface area contributed by atoms with Crippen LogP contribution in [0.5, 0.6) is 0 Å². The van der Waals surface area contributed by atoms with E-state index in [1.54, 1.807) is 24.5 Å². The van der Waals surface area contributed by atoms with Gasteiger partial charge in [0, 0.05) is 24.5 Å². The Bertz CT molecular complexity index is 537. The minimum atomic E-state index is -0.0355. The van der Waals surface area contributed by atoms with Crippen molar-refractivity contribution in [3.63, 3.8) is 0 Å².